The Hall–Kier alpha value is -1.78. The van der Waals surface area contributed by atoms with E-state index in [4.69, 9.17) is 0 Å². The van der Waals surface area contributed by atoms with Gasteiger partial charge >= 0.3 is 0 Å². The summed E-state index contributed by atoms with van der Waals surface area (Å²) in [7, 11) is 0. The summed E-state index contributed by atoms with van der Waals surface area (Å²) in [5.41, 5.74) is 1.93. The van der Waals surface area contributed by atoms with Gasteiger partial charge in [0.15, 0.2) is 0 Å². The summed E-state index contributed by atoms with van der Waals surface area (Å²) < 4.78 is 0. The van der Waals surface area contributed by atoms with Gasteiger partial charge in [-0.15, -0.1) is 0 Å². The first-order chi connectivity index (χ1) is 9.51. The first-order valence-corrected chi connectivity index (χ1v) is 7.29. The molecule has 1 aliphatic rings. The summed E-state index contributed by atoms with van der Waals surface area (Å²) in [4.78, 5) is 13.0. The van der Waals surface area contributed by atoms with Crippen molar-refractivity contribution in [2.24, 2.45) is 11.8 Å². The number of benzene rings is 1. The zero-order valence-corrected chi connectivity index (χ0v) is 12.4. The molecule has 0 bridgehead atoms. The number of anilines is 2. The van der Waals surface area contributed by atoms with Gasteiger partial charge < -0.3 is 10.2 Å². The first-order valence-electron chi connectivity index (χ1n) is 7.29. The summed E-state index contributed by atoms with van der Waals surface area (Å²) in [6, 6.07) is 5.30. The Bertz CT molecular complexity index is 490. The Labute approximate surface area is 120 Å². The molecule has 2 rings (SSSR count). The fraction of sp³-hybridized carbons (Fsp3) is 0.600. The molecule has 0 saturated carbocycles. The van der Waals surface area contributed by atoms with E-state index >= 15 is 0 Å². The summed E-state index contributed by atoms with van der Waals surface area (Å²) in [6.45, 7) is 9.21. The van der Waals surface area contributed by atoms with Crippen LogP contribution in [-0.4, -0.2) is 24.6 Å². The third-order valence-corrected chi connectivity index (χ3v) is 4.19. The Kier molecular flexibility index (Phi) is 4.47. The Morgan fingerprint density at radius 2 is 2.10 bits per heavy atom. The van der Waals surface area contributed by atoms with Crippen molar-refractivity contribution < 1.29 is 4.92 Å². The molecule has 0 aliphatic carbocycles. The van der Waals surface area contributed by atoms with E-state index < -0.39 is 0 Å². The third kappa shape index (κ3) is 3.21. The highest BCUT2D eigenvalue weighted by molar-refractivity contribution is 5.64. The fourth-order valence-electron chi connectivity index (χ4n) is 2.69. The van der Waals surface area contributed by atoms with E-state index in [9.17, 15) is 10.1 Å². The predicted molar refractivity (Wildman–Crippen MR) is 82.4 cm³/mol. The van der Waals surface area contributed by atoms with Gasteiger partial charge in [0.05, 0.1) is 4.92 Å². The number of non-ortho nitro benzene ring substituents is 1. The average molecular weight is 277 g/mol. The lowest BCUT2D eigenvalue weighted by molar-refractivity contribution is -0.384. The standard InChI is InChI=1S/C15H23N3O2/c1-4-16-13-7-14(9-15(8-13)18(19)20)17-6-5-11(2)12(3)10-17/h7-9,11-12,16H,4-6,10H2,1-3H3. The van der Waals surface area contributed by atoms with Crippen LogP contribution in [0.1, 0.15) is 27.2 Å². The van der Waals surface area contributed by atoms with E-state index in [-0.39, 0.29) is 10.6 Å². The van der Waals surface area contributed by atoms with Gasteiger partial charge in [0.2, 0.25) is 0 Å². The normalized spacial score (nSPS) is 22.6. The number of hydrogen-bond donors (Lipinski definition) is 1. The molecule has 1 heterocycles. The highest BCUT2D eigenvalue weighted by atomic mass is 16.6. The van der Waals surface area contributed by atoms with E-state index in [1.165, 1.54) is 0 Å². The van der Waals surface area contributed by atoms with Gasteiger partial charge in [-0.2, -0.15) is 0 Å². The zero-order valence-electron chi connectivity index (χ0n) is 12.4. The SMILES string of the molecule is CCNc1cc(N2CCC(C)C(C)C2)cc([N+](=O)[O-])c1. The van der Waals surface area contributed by atoms with Crippen LogP contribution in [0.25, 0.3) is 0 Å². The van der Waals surface area contributed by atoms with E-state index in [0.29, 0.717) is 5.92 Å². The van der Waals surface area contributed by atoms with Crippen LogP contribution in [0.5, 0.6) is 0 Å². The number of nitro groups is 1. The summed E-state index contributed by atoms with van der Waals surface area (Å²) in [5.74, 6) is 1.34. The maximum absolute atomic E-state index is 11.1. The number of nitro benzene ring substituents is 1. The highest BCUT2D eigenvalue weighted by Crippen LogP contribution is 2.31. The molecule has 0 amide bonds. The second-order valence-electron chi connectivity index (χ2n) is 5.71. The molecule has 5 heteroatoms. The largest absolute Gasteiger partial charge is 0.385 e. The van der Waals surface area contributed by atoms with Crippen LogP contribution >= 0.6 is 0 Å². The van der Waals surface area contributed by atoms with Gasteiger partial charge in [-0.3, -0.25) is 10.1 Å². The molecule has 2 unspecified atom stereocenters. The fourth-order valence-corrected chi connectivity index (χ4v) is 2.69. The molecule has 0 aromatic heterocycles. The Morgan fingerprint density at radius 1 is 1.35 bits per heavy atom. The van der Waals surface area contributed by atoms with Gasteiger partial charge in [0.25, 0.3) is 5.69 Å². The smallest absolute Gasteiger partial charge is 0.273 e. The minimum atomic E-state index is -0.319. The van der Waals surface area contributed by atoms with Gasteiger partial charge in [-0.25, -0.2) is 0 Å². The molecule has 1 N–H and O–H groups in total. The summed E-state index contributed by atoms with van der Waals surface area (Å²) in [5, 5.41) is 14.2. The van der Waals surface area contributed by atoms with Gasteiger partial charge in [0, 0.05) is 43.1 Å². The summed E-state index contributed by atoms with van der Waals surface area (Å²) >= 11 is 0. The molecule has 1 fully saturated rings. The number of hydrogen-bond acceptors (Lipinski definition) is 4. The molecule has 1 aromatic rings. The predicted octanol–water partition coefficient (Wildman–Crippen LogP) is 3.51. The molecule has 0 spiro atoms. The first kappa shape index (κ1) is 14.6. The van der Waals surface area contributed by atoms with Gasteiger partial charge in [-0.1, -0.05) is 13.8 Å². The number of nitrogens with zero attached hydrogens (tertiary/aromatic N) is 2. The van der Waals surface area contributed by atoms with Crippen molar-refractivity contribution in [3.63, 3.8) is 0 Å². The second kappa shape index (κ2) is 6.11. The lowest BCUT2D eigenvalue weighted by atomic mass is 9.88. The van der Waals surface area contributed by atoms with E-state index in [0.717, 1.165) is 43.3 Å². The zero-order chi connectivity index (χ0) is 14.7. The highest BCUT2D eigenvalue weighted by Gasteiger charge is 2.24. The monoisotopic (exact) mass is 277 g/mol. The van der Waals surface area contributed by atoms with Crippen molar-refractivity contribution in [2.75, 3.05) is 29.9 Å². The van der Waals surface area contributed by atoms with Crippen molar-refractivity contribution in [2.45, 2.75) is 27.2 Å². The van der Waals surface area contributed by atoms with Crippen molar-refractivity contribution in [1.29, 1.82) is 0 Å². The summed E-state index contributed by atoms with van der Waals surface area (Å²) in [6.07, 6.45) is 1.14. The van der Waals surface area contributed by atoms with Crippen molar-refractivity contribution >= 4 is 17.1 Å². The maximum Gasteiger partial charge on any atom is 0.273 e. The van der Waals surface area contributed by atoms with Crippen LogP contribution in [-0.2, 0) is 0 Å². The van der Waals surface area contributed by atoms with Crippen LogP contribution in [0.4, 0.5) is 17.1 Å². The molecule has 20 heavy (non-hydrogen) atoms. The van der Waals surface area contributed by atoms with E-state index in [2.05, 4.69) is 24.1 Å². The van der Waals surface area contributed by atoms with Crippen LogP contribution in [0, 0.1) is 22.0 Å². The molecule has 1 aliphatic heterocycles. The van der Waals surface area contributed by atoms with Crippen molar-refractivity contribution in [3.8, 4) is 0 Å². The van der Waals surface area contributed by atoms with Crippen molar-refractivity contribution in [1.82, 2.24) is 0 Å². The average Bonchev–Trinajstić information content (AvgIpc) is 2.42. The lowest BCUT2D eigenvalue weighted by Crippen LogP contribution is -2.38. The maximum atomic E-state index is 11.1. The van der Waals surface area contributed by atoms with Crippen LogP contribution in [0.3, 0.4) is 0 Å². The molecule has 1 saturated heterocycles. The Balaban J connectivity index is 2.28. The van der Waals surface area contributed by atoms with Gasteiger partial charge in [-0.05, 0) is 31.2 Å². The second-order valence-corrected chi connectivity index (χ2v) is 5.71. The van der Waals surface area contributed by atoms with Crippen LogP contribution in [0.15, 0.2) is 18.2 Å². The molecule has 110 valence electrons. The molecule has 1 aromatic carbocycles. The lowest BCUT2D eigenvalue weighted by Gasteiger charge is -2.36. The topological polar surface area (TPSA) is 58.4 Å². The Morgan fingerprint density at radius 3 is 2.70 bits per heavy atom. The molecular weight excluding hydrogens is 254 g/mol. The van der Waals surface area contributed by atoms with E-state index in [1.54, 1.807) is 12.1 Å². The van der Waals surface area contributed by atoms with Crippen LogP contribution in [0.2, 0.25) is 0 Å². The molecule has 0 radical (unpaired) electrons. The molecular formula is C15H23N3O2. The molecule has 2 atom stereocenters. The number of rotatable bonds is 4. The quantitative estimate of drug-likeness (QED) is 0.676. The van der Waals surface area contributed by atoms with Gasteiger partial charge in [0.1, 0.15) is 0 Å². The third-order valence-electron chi connectivity index (χ3n) is 4.19. The molecule has 5 nitrogen and oxygen atoms in total. The minimum Gasteiger partial charge on any atom is -0.385 e. The number of nitrogens with one attached hydrogen (secondary N) is 1. The number of piperidine rings is 1. The van der Waals surface area contributed by atoms with Crippen LogP contribution < -0.4 is 10.2 Å². The minimum absolute atomic E-state index is 0.157. The van der Waals surface area contributed by atoms with E-state index in [1.807, 2.05) is 13.0 Å². The van der Waals surface area contributed by atoms with Crippen molar-refractivity contribution in [3.05, 3.63) is 28.3 Å².